The molecular formula is C10H14ClNO5S. The molecule has 18 heavy (non-hydrogen) atoms. The van der Waals surface area contributed by atoms with Gasteiger partial charge in [-0.05, 0) is 0 Å². The summed E-state index contributed by atoms with van der Waals surface area (Å²) in [4.78, 5) is 15.4. The summed E-state index contributed by atoms with van der Waals surface area (Å²) < 4.78 is 19.9. The van der Waals surface area contributed by atoms with Gasteiger partial charge in [-0.1, -0.05) is 22.9 Å². The molecule has 0 aliphatic carbocycles. The maximum Gasteiger partial charge on any atom is 0.351 e. The minimum absolute atomic E-state index is 0.0853. The van der Waals surface area contributed by atoms with Crippen LogP contribution >= 0.6 is 22.9 Å². The summed E-state index contributed by atoms with van der Waals surface area (Å²) in [6.45, 7) is 1.78. The lowest BCUT2D eigenvalue weighted by Crippen LogP contribution is -2.09. The summed E-state index contributed by atoms with van der Waals surface area (Å²) in [5.41, 5.74) is 0. The van der Waals surface area contributed by atoms with E-state index >= 15 is 0 Å². The van der Waals surface area contributed by atoms with Gasteiger partial charge in [0.05, 0.1) is 26.9 Å². The van der Waals surface area contributed by atoms with Crippen LogP contribution in [0.2, 0.25) is 5.15 Å². The van der Waals surface area contributed by atoms with Gasteiger partial charge in [0.25, 0.3) is 5.19 Å². The van der Waals surface area contributed by atoms with Crippen LogP contribution in [0, 0.1) is 0 Å². The molecule has 1 aromatic heterocycles. The minimum atomic E-state index is -0.524. The second-order valence-electron chi connectivity index (χ2n) is 3.04. The Morgan fingerprint density at radius 2 is 2.00 bits per heavy atom. The summed E-state index contributed by atoms with van der Waals surface area (Å²) in [5.74, 6) is -0.524. The van der Waals surface area contributed by atoms with Crippen molar-refractivity contribution in [2.75, 3.05) is 40.6 Å². The van der Waals surface area contributed by atoms with Gasteiger partial charge in [-0.15, -0.1) is 0 Å². The first-order valence-electron chi connectivity index (χ1n) is 5.13. The zero-order chi connectivity index (χ0) is 13.4. The third kappa shape index (κ3) is 4.77. The number of esters is 1. The van der Waals surface area contributed by atoms with Crippen LogP contribution in [0.5, 0.6) is 5.19 Å². The van der Waals surface area contributed by atoms with Crippen LogP contribution < -0.4 is 4.74 Å². The van der Waals surface area contributed by atoms with E-state index in [4.69, 9.17) is 25.8 Å². The number of hydrogen-bond donors (Lipinski definition) is 0. The van der Waals surface area contributed by atoms with Crippen LogP contribution in [0.4, 0.5) is 0 Å². The monoisotopic (exact) mass is 295 g/mol. The van der Waals surface area contributed by atoms with Crippen LogP contribution in [0.3, 0.4) is 0 Å². The van der Waals surface area contributed by atoms with E-state index in [2.05, 4.69) is 9.72 Å². The van der Waals surface area contributed by atoms with Crippen molar-refractivity contribution < 1.29 is 23.7 Å². The highest BCUT2D eigenvalue weighted by Crippen LogP contribution is 2.29. The van der Waals surface area contributed by atoms with Gasteiger partial charge in [-0.2, -0.15) is 4.98 Å². The first kappa shape index (κ1) is 15.2. The number of ether oxygens (including phenoxy) is 4. The first-order chi connectivity index (χ1) is 8.69. The Hall–Kier alpha value is -0.890. The van der Waals surface area contributed by atoms with E-state index in [0.29, 0.717) is 31.6 Å². The van der Waals surface area contributed by atoms with E-state index < -0.39 is 5.97 Å². The smallest absolute Gasteiger partial charge is 0.351 e. The number of carbonyl (C=O) groups is 1. The average molecular weight is 296 g/mol. The molecule has 0 atom stereocenters. The molecule has 0 saturated heterocycles. The van der Waals surface area contributed by atoms with Crippen molar-refractivity contribution >= 4 is 28.9 Å². The molecule has 0 amide bonds. The summed E-state index contributed by atoms with van der Waals surface area (Å²) in [7, 11) is 2.88. The lowest BCUT2D eigenvalue weighted by atomic mass is 10.6. The molecule has 1 heterocycles. The van der Waals surface area contributed by atoms with Crippen molar-refractivity contribution in [2.24, 2.45) is 0 Å². The van der Waals surface area contributed by atoms with Gasteiger partial charge >= 0.3 is 5.97 Å². The van der Waals surface area contributed by atoms with Gasteiger partial charge in [0.1, 0.15) is 6.61 Å². The second kappa shape index (κ2) is 8.25. The van der Waals surface area contributed by atoms with E-state index in [1.807, 2.05) is 0 Å². The molecule has 0 fully saturated rings. The summed E-state index contributed by atoms with van der Waals surface area (Å²) in [6, 6.07) is 0. The third-order valence-corrected chi connectivity index (χ3v) is 3.16. The number of carbonyl (C=O) groups excluding carboxylic acids is 1. The van der Waals surface area contributed by atoms with Crippen molar-refractivity contribution in [3.8, 4) is 5.19 Å². The van der Waals surface area contributed by atoms with E-state index in [1.54, 1.807) is 7.11 Å². The predicted molar refractivity (Wildman–Crippen MR) is 66.7 cm³/mol. The van der Waals surface area contributed by atoms with Gasteiger partial charge in [-0.25, -0.2) is 4.79 Å². The molecule has 0 saturated carbocycles. The van der Waals surface area contributed by atoms with Crippen LogP contribution in [0.15, 0.2) is 0 Å². The van der Waals surface area contributed by atoms with Gasteiger partial charge < -0.3 is 18.9 Å². The minimum Gasteiger partial charge on any atom is -0.468 e. The number of rotatable bonds is 8. The lowest BCUT2D eigenvalue weighted by Gasteiger charge is -2.03. The highest BCUT2D eigenvalue weighted by molar-refractivity contribution is 7.15. The highest BCUT2D eigenvalue weighted by Gasteiger charge is 2.17. The average Bonchev–Trinajstić information content (AvgIpc) is 2.74. The molecular weight excluding hydrogens is 282 g/mol. The van der Waals surface area contributed by atoms with Gasteiger partial charge in [0.15, 0.2) is 10.0 Å². The third-order valence-electron chi connectivity index (χ3n) is 1.82. The molecule has 6 nitrogen and oxygen atoms in total. The summed E-state index contributed by atoms with van der Waals surface area (Å²) in [5, 5.41) is 0.401. The molecule has 0 aliphatic rings. The number of thiazole rings is 1. The fourth-order valence-electron chi connectivity index (χ4n) is 0.996. The van der Waals surface area contributed by atoms with E-state index in [0.717, 1.165) is 11.3 Å². The highest BCUT2D eigenvalue weighted by atomic mass is 35.5. The van der Waals surface area contributed by atoms with Crippen LogP contribution in [-0.2, 0) is 14.2 Å². The molecule has 0 unspecified atom stereocenters. The number of halogens is 1. The summed E-state index contributed by atoms with van der Waals surface area (Å²) >= 11 is 6.81. The molecule has 0 aromatic carbocycles. The molecule has 1 rings (SSSR count). The zero-order valence-corrected chi connectivity index (χ0v) is 11.7. The maximum absolute atomic E-state index is 11.3. The second-order valence-corrected chi connectivity index (χ2v) is 4.36. The van der Waals surface area contributed by atoms with E-state index in [1.165, 1.54) is 7.11 Å². The maximum atomic E-state index is 11.3. The Morgan fingerprint density at radius 1 is 1.28 bits per heavy atom. The van der Waals surface area contributed by atoms with Gasteiger partial charge in [0.2, 0.25) is 0 Å². The molecule has 102 valence electrons. The number of methoxy groups -OCH3 is 2. The number of hydrogen-bond acceptors (Lipinski definition) is 7. The molecule has 8 heteroatoms. The van der Waals surface area contributed by atoms with Crippen molar-refractivity contribution in [1.82, 2.24) is 4.98 Å². The van der Waals surface area contributed by atoms with Crippen molar-refractivity contribution in [1.29, 1.82) is 0 Å². The van der Waals surface area contributed by atoms with E-state index in [9.17, 15) is 4.79 Å². The fourth-order valence-corrected chi connectivity index (χ4v) is 2.07. The number of aromatic nitrogens is 1. The largest absolute Gasteiger partial charge is 0.468 e. The first-order valence-corrected chi connectivity index (χ1v) is 6.32. The summed E-state index contributed by atoms with van der Waals surface area (Å²) in [6.07, 6.45) is 0. The molecule has 0 aliphatic heterocycles. The quantitative estimate of drug-likeness (QED) is 0.536. The van der Waals surface area contributed by atoms with Crippen molar-refractivity contribution in [3.05, 3.63) is 10.0 Å². The Morgan fingerprint density at radius 3 is 2.67 bits per heavy atom. The topological polar surface area (TPSA) is 66.9 Å². The Labute approximate surface area is 114 Å². The number of nitrogens with zero attached hydrogens (tertiary/aromatic N) is 1. The standard InChI is InChI=1S/C10H14ClNO5S/c1-14-3-4-16-5-6-17-10-12-8(11)7(18-10)9(13)15-2/h3-6H2,1-2H3. The SMILES string of the molecule is COCCOCCOc1nc(Cl)c(C(=O)OC)s1. The Balaban J connectivity index is 2.33. The van der Waals surface area contributed by atoms with Crippen molar-refractivity contribution in [2.45, 2.75) is 0 Å². The molecule has 0 N–H and O–H groups in total. The molecule has 0 radical (unpaired) electrons. The fraction of sp³-hybridized carbons (Fsp3) is 0.600. The van der Waals surface area contributed by atoms with Gasteiger partial charge in [0, 0.05) is 7.11 Å². The molecule has 0 bridgehead atoms. The Bertz CT molecular complexity index is 384. The van der Waals surface area contributed by atoms with Crippen LogP contribution in [-0.4, -0.2) is 51.6 Å². The van der Waals surface area contributed by atoms with Crippen LogP contribution in [0.1, 0.15) is 9.67 Å². The van der Waals surface area contributed by atoms with Gasteiger partial charge in [-0.3, -0.25) is 0 Å². The normalized spacial score (nSPS) is 10.4. The zero-order valence-electron chi connectivity index (χ0n) is 10.1. The predicted octanol–water partition coefficient (Wildman–Crippen LogP) is 1.62. The van der Waals surface area contributed by atoms with Crippen molar-refractivity contribution in [3.63, 3.8) is 0 Å². The molecule has 1 aromatic rings. The lowest BCUT2D eigenvalue weighted by molar-refractivity contribution is 0.0544. The molecule has 0 spiro atoms. The van der Waals surface area contributed by atoms with E-state index in [-0.39, 0.29) is 10.0 Å². The van der Waals surface area contributed by atoms with Crippen LogP contribution in [0.25, 0.3) is 0 Å². The Kier molecular flexibility index (Phi) is 6.96.